The van der Waals surface area contributed by atoms with Gasteiger partial charge < -0.3 is 5.32 Å². The van der Waals surface area contributed by atoms with Crippen molar-refractivity contribution in [3.05, 3.63) is 76.0 Å². The monoisotopic (exact) mass is 380 g/mol. The number of anilines is 1. The van der Waals surface area contributed by atoms with Crippen LogP contribution in [0.5, 0.6) is 0 Å². The molecule has 0 bridgehead atoms. The topological polar surface area (TPSA) is 77.1 Å². The molecule has 0 fully saturated rings. The van der Waals surface area contributed by atoms with Gasteiger partial charge in [-0.3, -0.25) is 9.48 Å². The van der Waals surface area contributed by atoms with Crippen LogP contribution in [0.3, 0.4) is 0 Å². The van der Waals surface area contributed by atoms with Crippen molar-refractivity contribution in [1.29, 1.82) is 0 Å². The van der Waals surface area contributed by atoms with Gasteiger partial charge in [0.15, 0.2) is 0 Å². The average Bonchev–Trinajstić information content (AvgIpc) is 3.29. The summed E-state index contributed by atoms with van der Waals surface area (Å²) in [5.41, 5.74) is 2.89. The fourth-order valence-electron chi connectivity index (χ4n) is 2.82. The summed E-state index contributed by atoms with van der Waals surface area (Å²) >= 11 is 1.38. The summed E-state index contributed by atoms with van der Waals surface area (Å²) in [6.07, 6.45) is 4.61. The molecule has 1 aromatic carbocycles. The second kappa shape index (κ2) is 7.32. The van der Waals surface area contributed by atoms with Crippen LogP contribution >= 0.6 is 11.3 Å². The predicted octanol–water partition coefficient (Wildman–Crippen LogP) is 3.13. The quantitative estimate of drug-likeness (QED) is 0.556. The maximum atomic E-state index is 12.1. The molecular formula is C19H20N6OS. The van der Waals surface area contributed by atoms with Crippen LogP contribution in [0.1, 0.15) is 36.7 Å². The SMILES string of the molecule is CCc1cc(=O)n2nc(NC(C)c3cnn(Cc4ccccc4)c3)sc2n1. The normalized spacial score (nSPS) is 12.4. The fourth-order valence-corrected chi connectivity index (χ4v) is 3.74. The molecule has 0 amide bonds. The molecular weight excluding hydrogens is 360 g/mol. The molecule has 1 N–H and O–H groups in total. The molecule has 138 valence electrons. The number of hydrogen-bond donors (Lipinski definition) is 1. The highest BCUT2D eigenvalue weighted by Crippen LogP contribution is 2.23. The van der Waals surface area contributed by atoms with E-state index in [2.05, 4.69) is 32.6 Å². The van der Waals surface area contributed by atoms with E-state index in [4.69, 9.17) is 0 Å². The van der Waals surface area contributed by atoms with Gasteiger partial charge in [0.25, 0.3) is 5.56 Å². The van der Waals surface area contributed by atoms with Crippen molar-refractivity contribution in [2.75, 3.05) is 5.32 Å². The second-order valence-corrected chi connectivity index (χ2v) is 7.32. The van der Waals surface area contributed by atoms with E-state index < -0.39 is 0 Å². The zero-order valence-corrected chi connectivity index (χ0v) is 16.0. The number of benzene rings is 1. The molecule has 0 aliphatic rings. The Balaban J connectivity index is 1.51. The third-order valence-electron chi connectivity index (χ3n) is 4.34. The van der Waals surface area contributed by atoms with Crippen LogP contribution in [-0.2, 0) is 13.0 Å². The molecule has 8 heteroatoms. The van der Waals surface area contributed by atoms with E-state index in [-0.39, 0.29) is 11.6 Å². The first-order valence-corrected chi connectivity index (χ1v) is 9.66. The van der Waals surface area contributed by atoms with Crippen molar-refractivity contribution in [3.63, 3.8) is 0 Å². The van der Waals surface area contributed by atoms with Gasteiger partial charge in [-0.15, -0.1) is 5.10 Å². The largest absolute Gasteiger partial charge is 0.353 e. The highest BCUT2D eigenvalue weighted by molar-refractivity contribution is 7.20. The van der Waals surface area contributed by atoms with Gasteiger partial charge >= 0.3 is 0 Å². The van der Waals surface area contributed by atoms with Crippen molar-refractivity contribution in [2.24, 2.45) is 0 Å². The van der Waals surface area contributed by atoms with Crippen molar-refractivity contribution in [1.82, 2.24) is 24.4 Å². The predicted molar refractivity (Wildman–Crippen MR) is 106 cm³/mol. The lowest BCUT2D eigenvalue weighted by atomic mass is 10.2. The van der Waals surface area contributed by atoms with Crippen LogP contribution in [-0.4, -0.2) is 24.4 Å². The van der Waals surface area contributed by atoms with Gasteiger partial charge in [-0.25, -0.2) is 4.98 Å². The Morgan fingerprint density at radius 1 is 1.26 bits per heavy atom. The van der Waals surface area contributed by atoms with Crippen LogP contribution in [0, 0.1) is 0 Å². The molecule has 0 aliphatic carbocycles. The highest BCUT2D eigenvalue weighted by atomic mass is 32.1. The number of rotatable bonds is 6. The van der Waals surface area contributed by atoms with E-state index in [1.54, 1.807) is 0 Å². The molecule has 0 aliphatic heterocycles. The molecule has 4 aromatic rings. The summed E-state index contributed by atoms with van der Waals surface area (Å²) in [5, 5.41) is 12.8. The van der Waals surface area contributed by atoms with Gasteiger partial charge in [0.1, 0.15) is 0 Å². The van der Waals surface area contributed by atoms with Crippen LogP contribution in [0.2, 0.25) is 0 Å². The molecule has 0 saturated carbocycles. The molecule has 1 unspecified atom stereocenters. The number of fused-ring (bicyclic) bond motifs is 1. The molecule has 3 heterocycles. The van der Waals surface area contributed by atoms with Crippen LogP contribution < -0.4 is 10.9 Å². The smallest absolute Gasteiger partial charge is 0.275 e. The zero-order chi connectivity index (χ0) is 18.8. The Morgan fingerprint density at radius 2 is 2.07 bits per heavy atom. The summed E-state index contributed by atoms with van der Waals surface area (Å²) in [5.74, 6) is 0. The van der Waals surface area contributed by atoms with Gasteiger partial charge in [0.2, 0.25) is 10.1 Å². The average molecular weight is 380 g/mol. The number of aromatic nitrogens is 5. The molecule has 0 radical (unpaired) electrons. The zero-order valence-electron chi connectivity index (χ0n) is 15.2. The standard InChI is InChI=1S/C19H20N6OS/c1-3-16-9-17(26)25-19(22-16)27-18(23-25)21-13(2)15-10-20-24(12-15)11-14-7-5-4-6-8-14/h4-10,12-13H,3,11H2,1-2H3,(H,21,23). The van der Waals surface area contributed by atoms with E-state index in [1.165, 1.54) is 27.5 Å². The van der Waals surface area contributed by atoms with E-state index >= 15 is 0 Å². The first kappa shape index (κ1) is 17.4. The van der Waals surface area contributed by atoms with Crippen LogP contribution in [0.4, 0.5) is 5.13 Å². The van der Waals surface area contributed by atoms with Crippen LogP contribution in [0.15, 0.2) is 53.6 Å². The first-order chi connectivity index (χ1) is 13.1. The van der Waals surface area contributed by atoms with Gasteiger partial charge in [-0.2, -0.15) is 9.61 Å². The van der Waals surface area contributed by atoms with Gasteiger partial charge in [0.05, 0.1) is 18.8 Å². The summed E-state index contributed by atoms with van der Waals surface area (Å²) < 4.78 is 3.26. The van der Waals surface area contributed by atoms with Crippen molar-refractivity contribution in [3.8, 4) is 0 Å². The van der Waals surface area contributed by atoms with E-state index in [1.807, 2.05) is 49.1 Å². The third kappa shape index (κ3) is 3.75. The maximum absolute atomic E-state index is 12.1. The number of nitrogens with zero attached hydrogens (tertiary/aromatic N) is 5. The lowest BCUT2D eigenvalue weighted by Crippen LogP contribution is -2.15. The second-order valence-electron chi connectivity index (χ2n) is 6.36. The molecule has 27 heavy (non-hydrogen) atoms. The lowest BCUT2D eigenvalue weighted by molar-refractivity contribution is 0.685. The van der Waals surface area contributed by atoms with E-state index in [0.717, 1.165) is 24.2 Å². The van der Waals surface area contributed by atoms with Crippen molar-refractivity contribution < 1.29 is 0 Å². The Kier molecular flexibility index (Phi) is 4.72. The van der Waals surface area contributed by atoms with Crippen molar-refractivity contribution >= 4 is 21.4 Å². The maximum Gasteiger partial charge on any atom is 0.275 e. The van der Waals surface area contributed by atoms with Gasteiger partial charge in [-0.1, -0.05) is 48.6 Å². The lowest BCUT2D eigenvalue weighted by Gasteiger charge is -2.09. The number of nitrogens with one attached hydrogen (secondary N) is 1. The molecule has 1 atom stereocenters. The van der Waals surface area contributed by atoms with Crippen molar-refractivity contribution in [2.45, 2.75) is 32.9 Å². The van der Waals surface area contributed by atoms with Crippen LogP contribution in [0.25, 0.3) is 4.96 Å². The summed E-state index contributed by atoms with van der Waals surface area (Å²) in [6.45, 7) is 4.76. The first-order valence-electron chi connectivity index (χ1n) is 8.85. The summed E-state index contributed by atoms with van der Waals surface area (Å²) in [4.78, 5) is 17.2. The summed E-state index contributed by atoms with van der Waals surface area (Å²) in [7, 11) is 0. The Bertz CT molecular complexity index is 1110. The minimum Gasteiger partial charge on any atom is -0.353 e. The third-order valence-corrected chi connectivity index (χ3v) is 5.18. The van der Waals surface area contributed by atoms with Gasteiger partial charge in [-0.05, 0) is 18.9 Å². The Hall–Kier alpha value is -3.00. The Labute approximate surface area is 160 Å². The summed E-state index contributed by atoms with van der Waals surface area (Å²) in [6, 6.07) is 11.8. The molecule has 0 saturated heterocycles. The number of aryl methyl sites for hydroxylation is 1. The highest BCUT2D eigenvalue weighted by Gasteiger charge is 2.13. The molecule has 7 nitrogen and oxygen atoms in total. The minimum absolute atomic E-state index is 0.0106. The fraction of sp³-hybridized carbons (Fsp3) is 0.263. The molecule has 0 spiro atoms. The minimum atomic E-state index is -0.149. The van der Waals surface area contributed by atoms with E-state index in [0.29, 0.717) is 10.1 Å². The number of hydrogen-bond acceptors (Lipinski definition) is 6. The Morgan fingerprint density at radius 3 is 2.85 bits per heavy atom. The molecule has 3 aromatic heterocycles. The van der Waals surface area contributed by atoms with E-state index in [9.17, 15) is 4.79 Å². The van der Waals surface area contributed by atoms with Gasteiger partial charge in [0, 0.05) is 23.5 Å². The molecule has 4 rings (SSSR count).